The van der Waals surface area contributed by atoms with E-state index < -0.39 is 16.0 Å². The van der Waals surface area contributed by atoms with Crippen LogP contribution in [0.3, 0.4) is 0 Å². The van der Waals surface area contributed by atoms with Gasteiger partial charge in [0, 0.05) is 19.6 Å². The number of benzene rings is 1. The molecule has 0 spiro atoms. The van der Waals surface area contributed by atoms with Crippen molar-refractivity contribution in [3.63, 3.8) is 0 Å². The van der Waals surface area contributed by atoms with E-state index >= 15 is 0 Å². The largest absolute Gasteiger partial charge is 0.462 e. The Morgan fingerprint density at radius 1 is 1.03 bits per heavy atom. The second kappa shape index (κ2) is 14.3. The number of primary sulfonamides is 1. The van der Waals surface area contributed by atoms with Gasteiger partial charge in [-0.3, -0.25) is 0 Å². The van der Waals surface area contributed by atoms with E-state index in [4.69, 9.17) is 14.6 Å². The fraction of sp³-hybridized carbons (Fsp3) is 0.577. The van der Waals surface area contributed by atoms with Crippen LogP contribution >= 0.6 is 0 Å². The maximum atomic E-state index is 12.9. The molecule has 35 heavy (non-hydrogen) atoms. The van der Waals surface area contributed by atoms with E-state index in [-0.39, 0.29) is 22.8 Å². The number of allylic oxidation sites excluding steroid dienone is 3. The number of nitrogens with zero attached hydrogens (tertiary/aromatic N) is 2. The minimum atomic E-state index is -4.19. The Hall–Kier alpha value is -2.36. The van der Waals surface area contributed by atoms with Crippen LogP contribution in [0.4, 0.5) is 5.69 Å². The van der Waals surface area contributed by atoms with Crippen LogP contribution in [-0.4, -0.2) is 59.6 Å². The van der Waals surface area contributed by atoms with Gasteiger partial charge in [-0.2, -0.15) is 0 Å². The molecule has 0 unspecified atom stereocenters. The minimum Gasteiger partial charge on any atom is -0.462 e. The zero-order valence-electron chi connectivity index (χ0n) is 21.6. The number of hydrogen-bond acceptors (Lipinski definition) is 7. The van der Waals surface area contributed by atoms with Crippen LogP contribution < -0.4 is 14.8 Å². The molecule has 0 amide bonds. The lowest BCUT2D eigenvalue weighted by Gasteiger charge is -2.28. The summed E-state index contributed by atoms with van der Waals surface area (Å²) in [5.74, 6) is 0.137. The second-order valence-corrected chi connectivity index (χ2v) is 10.6. The van der Waals surface area contributed by atoms with Gasteiger partial charge in [0.1, 0.15) is 10.7 Å². The van der Waals surface area contributed by atoms with Crippen LogP contribution in [-0.2, 0) is 14.8 Å². The number of esters is 1. The second-order valence-electron chi connectivity index (χ2n) is 9.04. The fourth-order valence-electron chi connectivity index (χ4n) is 3.72. The molecule has 0 heterocycles. The summed E-state index contributed by atoms with van der Waals surface area (Å²) >= 11 is 0. The van der Waals surface area contributed by atoms with E-state index in [1.54, 1.807) is 6.07 Å². The van der Waals surface area contributed by atoms with E-state index in [0.717, 1.165) is 45.1 Å². The highest BCUT2D eigenvalue weighted by molar-refractivity contribution is 7.89. The number of sulfonamides is 1. The molecule has 2 rings (SSSR count). The van der Waals surface area contributed by atoms with Gasteiger partial charge in [-0.05, 0) is 70.5 Å². The summed E-state index contributed by atoms with van der Waals surface area (Å²) in [5.41, 5.74) is 0.686. The van der Waals surface area contributed by atoms with Gasteiger partial charge in [0.25, 0.3) is 0 Å². The third-order valence-corrected chi connectivity index (χ3v) is 6.56. The van der Waals surface area contributed by atoms with E-state index in [1.807, 2.05) is 37.2 Å². The fourth-order valence-corrected chi connectivity index (χ4v) is 4.41. The number of rotatable bonds is 15. The van der Waals surface area contributed by atoms with Crippen LogP contribution in [0.1, 0.15) is 69.2 Å². The molecule has 0 saturated carbocycles. The maximum absolute atomic E-state index is 12.9. The summed E-state index contributed by atoms with van der Waals surface area (Å²) < 4.78 is 37.0. The van der Waals surface area contributed by atoms with Crippen molar-refractivity contribution >= 4 is 21.7 Å². The first-order chi connectivity index (χ1) is 16.7. The summed E-state index contributed by atoms with van der Waals surface area (Å²) in [5, 5.41) is 5.63. The molecule has 0 saturated heterocycles. The quantitative estimate of drug-likeness (QED) is 0.276. The molecule has 0 bridgehead atoms. The van der Waals surface area contributed by atoms with Gasteiger partial charge in [-0.25, -0.2) is 18.4 Å². The van der Waals surface area contributed by atoms with E-state index in [2.05, 4.69) is 18.7 Å². The van der Waals surface area contributed by atoms with Crippen molar-refractivity contribution in [3.8, 4) is 5.75 Å². The SMILES string of the molecule is CCCCN(CCCC)c1cc(C(=O)OCCCN(C)C)cc(S(N)(=O)=O)c1OC1=CCCC=C1. The molecule has 0 atom stereocenters. The van der Waals surface area contributed by atoms with E-state index in [9.17, 15) is 13.2 Å². The zero-order chi connectivity index (χ0) is 25.8. The van der Waals surface area contributed by atoms with Crippen molar-refractivity contribution in [2.24, 2.45) is 5.14 Å². The number of carbonyl (C=O) groups excluding carboxylic acids is 1. The van der Waals surface area contributed by atoms with Crippen molar-refractivity contribution < 1.29 is 22.7 Å². The average Bonchev–Trinajstić information content (AvgIpc) is 2.82. The Balaban J connectivity index is 2.56. The van der Waals surface area contributed by atoms with Gasteiger partial charge >= 0.3 is 5.97 Å². The van der Waals surface area contributed by atoms with Crippen LogP contribution in [0.15, 0.2) is 41.0 Å². The van der Waals surface area contributed by atoms with Crippen LogP contribution in [0.25, 0.3) is 0 Å². The van der Waals surface area contributed by atoms with Gasteiger partial charge < -0.3 is 19.3 Å². The summed E-state index contributed by atoms with van der Waals surface area (Å²) in [6, 6.07) is 2.95. The molecule has 2 N–H and O–H groups in total. The minimum absolute atomic E-state index is 0.146. The molecule has 0 aliphatic heterocycles. The van der Waals surface area contributed by atoms with Gasteiger partial charge in [0.2, 0.25) is 10.0 Å². The third-order valence-electron chi connectivity index (χ3n) is 5.65. The highest BCUT2D eigenvalue weighted by Gasteiger charge is 2.27. The van der Waals surface area contributed by atoms with Gasteiger partial charge in [0.05, 0.1) is 17.9 Å². The standard InChI is InChI=1S/C26H41N3O5S/c1-5-7-16-29(17-8-6-2)23-19-21(26(30)33-18-12-15-28(3)4)20-24(35(27,31)32)25(23)34-22-13-10-9-11-14-22/h10,13-14,19-20H,5-9,11-12,15-18H2,1-4H3,(H2,27,31,32). The van der Waals surface area contributed by atoms with Crippen LogP contribution in [0.5, 0.6) is 5.75 Å². The lowest BCUT2D eigenvalue weighted by atomic mass is 10.1. The normalized spacial score (nSPS) is 13.6. The molecule has 1 aliphatic rings. The van der Waals surface area contributed by atoms with Crippen molar-refractivity contribution in [1.29, 1.82) is 0 Å². The Kier molecular flexibility index (Phi) is 11.8. The topological polar surface area (TPSA) is 102 Å². The smallest absolute Gasteiger partial charge is 0.338 e. The first-order valence-corrected chi connectivity index (χ1v) is 14.0. The zero-order valence-corrected chi connectivity index (χ0v) is 22.4. The number of anilines is 1. The molecule has 8 nitrogen and oxygen atoms in total. The monoisotopic (exact) mass is 507 g/mol. The van der Waals surface area contributed by atoms with Crippen LogP contribution in [0, 0.1) is 0 Å². The van der Waals surface area contributed by atoms with Gasteiger partial charge in [-0.1, -0.05) is 32.8 Å². The number of hydrogen-bond donors (Lipinski definition) is 1. The lowest BCUT2D eigenvalue weighted by Crippen LogP contribution is -2.28. The Labute approximate surface area is 210 Å². The highest BCUT2D eigenvalue weighted by Crippen LogP contribution is 2.38. The Morgan fingerprint density at radius 3 is 2.26 bits per heavy atom. The Morgan fingerprint density at radius 2 is 1.71 bits per heavy atom. The van der Waals surface area contributed by atoms with Gasteiger partial charge in [-0.15, -0.1) is 0 Å². The summed E-state index contributed by atoms with van der Waals surface area (Å²) in [6.07, 6.45) is 11.9. The van der Waals surface area contributed by atoms with E-state index in [1.165, 1.54) is 6.07 Å². The molecule has 0 radical (unpaired) electrons. The summed E-state index contributed by atoms with van der Waals surface area (Å²) in [6.45, 7) is 6.62. The van der Waals surface area contributed by atoms with Gasteiger partial charge in [0.15, 0.2) is 5.75 Å². The molecule has 1 aliphatic carbocycles. The molecular weight excluding hydrogens is 466 g/mol. The molecule has 1 aromatic carbocycles. The van der Waals surface area contributed by atoms with Crippen molar-refractivity contribution in [1.82, 2.24) is 4.90 Å². The molecule has 0 fully saturated rings. The summed E-state index contributed by atoms with van der Waals surface area (Å²) in [4.78, 5) is 16.8. The predicted octanol–water partition coefficient (Wildman–Crippen LogP) is 4.46. The Bertz CT molecular complexity index is 994. The molecule has 0 aromatic heterocycles. The number of ether oxygens (including phenoxy) is 2. The van der Waals surface area contributed by atoms with E-state index in [0.29, 0.717) is 31.0 Å². The maximum Gasteiger partial charge on any atom is 0.338 e. The number of unbranched alkanes of at least 4 members (excludes halogenated alkanes) is 2. The predicted molar refractivity (Wildman–Crippen MR) is 140 cm³/mol. The summed E-state index contributed by atoms with van der Waals surface area (Å²) in [7, 11) is -0.296. The first kappa shape index (κ1) is 28.9. The average molecular weight is 508 g/mol. The van der Waals surface area contributed by atoms with Crippen molar-refractivity contribution in [2.45, 2.75) is 63.7 Å². The lowest BCUT2D eigenvalue weighted by molar-refractivity contribution is 0.0493. The number of nitrogens with two attached hydrogens (primary N) is 1. The molecule has 9 heteroatoms. The first-order valence-electron chi connectivity index (χ1n) is 12.5. The number of carbonyl (C=O) groups is 1. The highest BCUT2D eigenvalue weighted by atomic mass is 32.2. The van der Waals surface area contributed by atoms with Crippen LogP contribution in [0.2, 0.25) is 0 Å². The van der Waals surface area contributed by atoms with Crippen molar-refractivity contribution in [3.05, 3.63) is 41.7 Å². The molecule has 1 aromatic rings. The molecule has 196 valence electrons. The third kappa shape index (κ3) is 9.31. The van der Waals surface area contributed by atoms with Crippen molar-refractivity contribution in [2.75, 3.05) is 45.2 Å². The molecular formula is C26H41N3O5S.